The third-order valence-electron chi connectivity index (χ3n) is 7.55. The number of rotatable bonds is 11. The summed E-state index contributed by atoms with van der Waals surface area (Å²) in [6.45, 7) is 0.348. The molecule has 2 saturated carbocycles. The van der Waals surface area contributed by atoms with E-state index >= 15 is 0 Å². The van der Waals surface area contributed by atoms with Gasteiger partial charge in [0.1, 0.15) is 18.2 Å². The predicted molar refractivity (Wildman–Crippen MR) is 132 cm³/mol. The summed E-state index contributed by atoms with van der Waals surface area (Å²) in [6.07, 6.45) is 8.26. The monoisotopic (exact) mass is 511 g/mol. The first-order valence-electron chi connectivity index (χ1n) is 13.0. The predicted octanol–water partition coefficient (Wildman–Crippen LogP) is 4.06. The average molecular weight is 512 g/mol. The summed E-state index contributed by atoms with van der Waals surface area (Å²) >= 11 is 0. The van der Waals surface area contributed by atoms with Gasteiger partial charge in [0.15, 0.2) is 5.49 Å². The van der Waals surface area contributed by atoms with E-state index in [0.717, 1.165) is 43.5 Å². The van der Waals surface area contributed by atoms with Crippen LogP contribution in [0.5, 0.6) is 0 Å². The molecule has 2 aromatic rings. The first-order chi connectivity index (χ1) is 17.9. The smallest absolute Gasteiger partial charge is 0.251 e. The molecule has 1 aromatic heterocycles. The molecule has 2 amide bonds. The molecule has 0 spiro atoms. The van der Waals surface area contributed by atoms with Gasteiger partial charge in [0, 0.05) is 11.8 Å². The molecule has 0 bridgehead atoms. The summed E-state index contributed by atoms with van der Waals surface area (Å²) in [5, 5.41) is 11.1. The Morgan fingerprint density at radius 3 is 2.51 bits per heavy atom. The van der Waals surface area contributed by atoms with Crippen LogP contribution in [0, 0.1) is 29.5 Å². The lowest BCUT2D eigenvalue weighted by Gasteiger charge is -2.28. The van der Waals surface area contributed by atoms with Crippen molar-refractivity contribution < 1.29 is 28.8 Å². The summed E-state index contributed by atoms with van der Waals surface area (Å²) in [6, 6.07) is 11.8. The molecule has 1 N–H and O–H groups in total. The number of pyridine rings is 1. The molecule has 9 heteroatoms. The number of carbonyl (C=O) groups is 3. The Kier molecular flexibility index (Phi) is 9.22. The van der Waals surface area contributed by atoms with Gasteiger partial charge in [-0.3, -0.25) is 19.2 Å². The largest absolute Gasteiger partial charge is 0.427 e. The second kappa shape index (κ2) is 12.8. The molecule has 0 saturated heterocycles. The highest BCUT2D eigenvalue weighted by Crippen LogP contribution is 2.38. The maximum Gasteiger partial charge on any atom is 0.251 e. The lowest BCUT2D eigenvalue weighted by molar-refractivity contribution is -0.182. The minimum absolute atomic E-state index is 0.0379. The number of amides is 2. The van der Waals surface area contributed by atoms with Crippen LogP contribution in [0.4, 0.5) is 4.39 Å². The van der Waals surface area contributed by atoms with Crippen molar-refractivity contribution in [1.82, 2.24) is 9.79 Å². The Balaban J connectivity index is 1.49. The van der Waals surface area contributed by atoms with E-state index in [0.29, 0.717) is 42.7 Å². The van der Waals surface area contributed by atoms with Gasteiger partial charge in [-0.15, -0.1) is 0 Å². The van der Waals surface area contributed by atoms with Gasteiger partial charge in [0.2, 0.25) is 6.41 Å². The van der Waals surface area contributed by atoms with Crippen LogP contribution in [-0.4, -0.2) is 39.6 Å². The highest BCUT2D eigenvalue weighted by atomic mass is 19.1. The first-order valence-corrected chi connectivity index (χ1v) is 13.0. The molecular formula is C28H34FN3O5. The third-order valence-corrected chi connectivity index (χ3v) is 7.55. The molecule has 2 aliphatic carbocycles. The average Bonchev–Trinajstić information content (AvgIpc) is 3.60. The van der Waals surface area contributed by atoms with E-state index in [1.807, 2.05) is 30.3 Å². The highest BCUT2D eigenvalue weighted by molar-refractivity contribution is 5.91. The van der Waals surface area contributed by atoms with Gasteiger partial charge in [-0.1, -0.05) is 62.4 Å². The van der Waals surface area contributed by atoms with E-state index in [1.165, 1.54) is 11.1 Å². The van der Waals surface area contributed by atoms with Crippen molar-refractivity contribution in [2.45, 2.75) is 58.0 Å². The van der Waals surface area contributed by atoms with Crippen LogP contribution in [0.15, 0.2) is 53.7 Å². The number of ketones is 1. The number of nitrogens with zero attached hydrogens (tertiary/aromatic N) is 3. The van der Waals surface area contributed by atoms with Crippen molar-refractivity contribution in [3.8, 4) is 0 Å². The number of hydrogen-bond donors (Lipinski definition) is 1. The molecule has 3 atom stereocenters. The fraction of sp³-hybridized carbons (Fsp3) is 0.500. The van der Waals surface area contributed by atoms with E-state index in [4.69, 9.17) is 4.84 Å². The summed E-state index contributed by atoms with van der Waals surface area (Å²) < 4.78 is 13.8. The fourth-order valence-corrected chi connectivity index (χ4v) is 5.64. The van der Waals surface area contributed by atoms with Crippen LogP contribution < -0.4 is 5.49 Å². The van der Waals surface area contributed by atoms with Crippen LogP contribution in [0.25, 0.3) is 0 Å². The standard InChI is InChI=1S/C28H34FN3O5/c29-23-13-14-26(32(36)17-23)30-28(35)25-12-6-11-24(25)27(34)22(15-20-7-4-5-8-20)16-31(19-33)37-18-21-9-2-1-3-10-21/h1-3,9-10,13-14,17,19-20,22,24-25,36H,4-8,11-12,15-16,18H2/t22-,24?,25-/m1/s1. The Hall–Kier alpha value is -3.33. The number of hydrogen-bond acceptors (Lipinski definition) is 5. The Labute approximate surface area is 215 Å². The van der Waals surface area contributed by atoms with Crippen molar-refractivity contribution >= 4 is 18.1 Å². The summed E-state index contributed by atoms with van der Waals surface area (Å²) in [4.78, 5) is 48.4. The van der Waals surface area contributed by atoms with Crippen molar-refractivity contribution in [3.05, 3.63) is 65.5 Å². The summed E-state index contributed by atoms with van der Waals surface area (Å²) in [7, 11) is 0. The van der Waals surface area contributed by atoms with Crippen LogP contribution in [0.3, 0.4) is 0 Å². The number of Topliss-reactive ketones (excluding diaryl/α,β-unsaturated/α-hetero) is 1. The molecule has 2 fully saturated rings. The maximum absolute atomic E-state index is 13.8. The van der Waals surface area contributed by atoms with E-state index in [2.05, 4.69) is 4.99 Å². The Morgan fingerprint density at radius 1 is 1.08 bits per heavy atom. The number of benzene rings is 1. The molecule has 198 valence electrons. The molecule has 1 heterocycles. The van der Waals surface area contributed by atoms with E-state index in [1.54, 1.807) is 0 Å². The van der Waals surface area contributed by atoms with E-state index in [-0.39, 0.29) is 24.4 Å². The van der Waals surface area contributed by atoms with Gasteiger partial charge < -0.3 is 5.21 Å². The number of aromatic nitrogens is 1. The van der Waals surface area contributed by atoms with Crippen LogP contribution in [0.1, 0.15) is 56.9 Å². The van der Waals surface area contributed by atoms with Gasteiger partial charge >= 0.3 is 0 Å². The van der Waals surface area contributed by atoms with Crippen LogP contribution >= 0.6 is 0 Å². The lowest BCUT2D eigenvalue weighted by Crippen LogP contribution is -2.38. The quantitative estimate of drug-likeness (QED) is 0.279. The van der Waals surface area contributed by atoms with Gasteiger partial charge in [0.05, 0.1) is 18.7 Å². The van der Waals surface area contributed by atoms with Crippen molar-refractivity contribution in [2.24, 2.45) is 28.7 Å². The number of carbonyl (C=O) groups excluding carboxylic acids is 3. The van der Waals surface area contributed by atoms with Crippen molar-refractivity contribution in [3.63, 3.8) is 0 Å². The third kappa shape index (κ3) is 7.13. The van der Waals surface area contributed by atoms with Crippen molar-refractivity contribution in [1.29, 1.82) is 0 Å². The maximum atomic E-state index is 13.8. The summed E-state index contributed by atoms with van der Waals surface area (Å²) in [5.74, 6) is -2.37. The molecule has 37 heavy (non-hydrogen) atoms. The van der Waals surface area contributed by atoms with E-state index in [9.17, 15) is 24.0 Å². The van der Waals surface area contributed by atoms with Gasteiger partial charge in [-0.05, 0) is 42.9 Å². The topological polar surface area (TPSA) is 101 Å². The first kappa shape index (κ1) is 26.7. The Morgan fingerprint density at radius 2 is 1.81 bits per heavy atom. The normalized spacial score (nSPS) is 21.2. The molecule has 1 aromatic carbocycles. The molecular weight excluding hydrogens is 477 g/mol. The summed E-state index contributed by atoms with van der Waals surface area (Å²) in [5.41, 5.74) is 0.825. The molecule has 1 unspecified atom stereocenters. The zero-order chi connectivity index (χ0) is 26.2. The van der Waals surface area contributed by atoms with Crippen LogP contribution in [-0.2, 0) is 25.8 Å². The minimum Gasteiger partial charge on any atom is -0.427 e. The van der Waals surface area contributed by atoms with Gasteiger partial charge in [-0.2, -0.15) is 9.72 Å². The lowest BCUT2D eigenvalue weighted by atomic mass is 9.80. The molecule has 0 aliphatic heterocycles. The molecule has 0 radical (unpaired) electrons. The number of hydroxylamine groups is 2. The second-order valence-electron chi connectivity index (χ2n) is 10.1. The van der Waals surface area contributed by atoms with Crippen LogP contribution in [0.2, 0.25) is 0 Å². The minimum atomic E-state index is -0.660. The molecule has 2 aliphatic rings. The molecule has 4 rings (SSSR count). The van der Waals surface area contributed by atoms with E-state index < -0.39 is 29.5 Å². The Bertz CT molecular complexity index is 1150. The fourth-order valence-electron chi connectivity index (χ4n) is 5.64. The van der Waals surface area contributed by atoms with Gasteiger partial charge in [0.25, 0.3) is 5.91 Å². The van der Waals surface area contributed by atoms with Gasteiger partial charge in [-0.25, -0.2) is 9.45 Å². The number of halogens is 1. The SMILES string of the molecule is O=CN(C[C@@H](CC1CCCC1)C(=O)C1CCC[C@H]1C(=O)N=c1ccc(F)cn1O)OCc1ccccc1. The highest BCUT2D eigenvalue weighted by Gasteiger charge is 2.41. The molecule has 8 nitrogen and oxygen atoms in total. The zero-order valence-electron chi connectivity index (χ0n) is 20.9. The second-order valence-corrected chi connectivity index (χ2v) is 10.1. The van der Waals surface area contributed by atoms with Crippen molar-refractivity contribution in [2.75, 3.05) is 6.54 Å². The zero-order valence-corrected chi connectivity index (χ0v) is 20.9.